The molecule has 0 bridgehead atoms. The highest BCUT2D eigenvalue weighted by Gasteiger charge is 2.25. The fourth-order valence-electron chi connectivity index (χ4n) is 4.20. The predicted octanol–water partition coefficient (Wildman–Crippen LogP) is 2.78. The topological polar surface area (TPSA) is 35.5 Å². The molecular formula is C17H34N2O. The first-order valence-corrected chi connectivity index (χ1v) is 8.80. The molecule has 0 aromatic rings. The highest BCUT2D eigenvalue weighted by molar-refractivity contribution is 4.83. The summed E-state index contributed by atoms with van der Waals surface area (Å²) in [6.07, 6.45) is 11.5. The highest BCUT2D eigenvalue weighted by atomic mass is 16.3. The second-order valence-corrected chi connectivity index (χ2v) is 7.04. The molecule has 0 aromatic heterocycles. The largest absolute Gasteiger partial charge is 0.392 e. The molecule has 0 aromatic carbocycles. The van der Waals surface area contributed by atoms with E-state index in [1.54, 1.807) is 0 Å². The Morgan fingerprint density at radius 3 is 2.35 bits per heavy atom. The molecule has 2 aliphatic rings. The summed E-state index contributed by atoms with van der Waals surface area (Å²) in [6, 6.07) is 1.41. The number of nitrogens with zero attached hydrogens (tertiary/aromatic N) is 1. The Morgan fingerprint density at radius 2 is 1.75 bits per heavy atom. The van der Waals surface area contributed by atoms with Crippen LogP contribution in [0.15, 0.2) is 0 Å². The van der Waals surface area contributed by atoms with Crippen molar-refractivity contribution in [3.63, 3.8) is 0 Å². The molecule has 0 radical (unpaired) electrons. The van der Waals surface area contributed by atoms with Crippen molar-refractivity contribution < 1.29 is 5.11 Å². The number of aliphatic hydroxyl groups is 1. The third-order valence-corrected chi connectivity index (χ3v) is 5.39. The second-order valence-electron chi connectivity index (χ2n) is 7.04. The zero-order valence-corrected chi connectivity index (χ0v) is 13.5. The lowest BCUT2D eigenvalue weighted by molar-refractivity contribution is 0.0717. The van der Waals surface area contributed by atoms with Gasteiger partial charge in [-0.2, -0.15) is 0 Å². The van der Waals surface area contributed by atoms with Crippen LogP contribution in [0, 0.1) is 5.92 Å². The molecule has 1 unspecified atom stereocenters. The molecule has 2 fully saturated rings. The molecule has 3 nitrogen and oxygen atoms in total. The summed E-state index contributed by atoms with van der Waals surface area (Å²) in [5.74, 6) is 0.794. The molecule has 0 heterocycles. The number of nitrogens with one attached hydrogen (secondary N) is 1. The molecule has 1 atom stereocenters. The smallest absolute Gasteiger partial charge is 0.0669 e. The second kappa shape index (κ2) is 8.35. The van der Waals surface area contributed by atoms with Gasteiger partial charge in [0.25, 0.3) is 0 Å². The molecule has 3 heteroatoms. The van der Waals surface area contributed by atoms with E-state index in [9.17, 15) is 5.11 Å². The van der Waals surface area contributed by atoms with Crippen LogP contribution < -0.4 is 5.32 Å². The number of aliphatic hydroxyl groups excluding tert-OH is 1. The molecule has 2 N–H and O–H groups in total. The number of hydrogen-bond donors (Lipinski definition) is 2. The minimum atomic E-state index is -0.116. The number of likely N-dealkylation sites (N-methyl/N-ethyl adjacent to an activating group) is 1. The van der Waals surface area contributed by atoms with Crippen LogP contribution in [0.5, 0.6) is 0 Å². The Hall–Kier alpha value is -0.120. The summed E-state index contributed by atoms with van der Waals surface area (Å²) < 4.78 is 0. The quantitative estimate of drug-likeness (QED) is 0.754. The van der Waals surface area contributed by atoms with E-state index in [1.807, 2.05) is 0 Å². The minimum absolute atomic E-state index is 0.116. The van der Waals surface area contributed by atoms with Crippen molar-refractivity contribution in [1.82, 2.24) is 10.2 Å². The van der Waals surface area contributed by atoms with Crippen LogP contribution in [0.3, 0.4) is 0 Å². The van der Waals surface area contributed by atoms with E-state index in [0.29, 0.717) is 6.04 Å². The van der Waals surface area contributed by atoms with Gasteiger partial charge in [-0.3, -0.25) is 0 Å². The molecule has 20 heavy (non-hydrogen) atoms. The summed E-state index contributed by atoms with van der Waals surface area (Å²) in [6.45, 7) is 4.15. The van der Waals surface area contributed by atoms with Gasteiger partial charge in [0.05, 0.1) is 6.10 Å². The Morgan fingerprint density at radius 1 is 1.10 bits per heavy atom. The van der Waals surface area contributed by atoms with Crippen LogP contribution in [0.1, 0.15) is 64.7 Å². The molecule has 0 spiro atoms. The lowest BCUT2D eigenvalue weighted by atomic mass is 9.90. The van der Waals surface area contributed by atoms with E-state index in [4.69, 9.17) is 0 Å². The maximum atomic E-state index is 10.3. The molecule has 2 saturated carbocycles. The summed E-state index contributed by atoms with van der Waals surface area (Å²) >= 11 is 0. The average Bonchev–Trinajstić information content (AvgIpc) is 2.92. The van der Waals surface area contributed by atoms with Crippen molar-refractivity contribution in [3.8, 4) is 0 Å². The van der Waals surface area contributed by atoms with Gasteiger partial charge in [0.1, 0.15) is 0 Å². The molecule has 0 aliphatic heterocycles. The van der Waals surface area contributed by atoms with Crippen molar-refractivity contribution in [1.29, 1.82) is 0 Å². The Kier molecular flexibility index (Phi) is 6.79. The predicted molar refractivity (Wildman–Crippen MR) is 84.9 cm³/mol. The summed E-state index contributed by atoms with van der Waals surface area (Å²) in [5, 5.41) is 13.9. The molecule has 118 valence electrons. The zero-order chi connectivity index (χ0) is 14.4. The van der Waals surface area contributed by atoms with Gasteiger partial charge in [-0.05, 0) is 51.6 Å². The summed E-state index contributed by atoms with van der Waals surface area (Å²) in [7, 11) is 2.20. The fraction of sp³-hybridized carbons (Fsp3) is 1.00. The highest BCUT2D eigenvalue weighted by Crippen LogP contribution is 2.29. The first kappa shape index (κ1) is 16.3. The Balaban J connectivity index is 1.65. The van der Waals surface area contributed by atoms with E-state index in [-0.39, 0.29) is 6.10 Å². The van der Waals surface area contributed by atoms with Crippen LogP contribution in [-0.2, 0) is 0 Å². The summed E-state index contributed by atoms with van der Waals surface area (Å²) in [5.41, 5.74) is 0. The van der Waals surface area contributed by atoms with Crippen molar-refractivity contribution in [2.75, 3.05) is 20.1 Å². The fourth-order valence-corrected chi connectivity index (χ4v) is 4.20. The van der Waals surface area contributed by atoms with Crippen LogP contribution in [0.25, 0.3) is 0 Å². The molecule has 2 aliphatic carbocycles. The van der Waals surface area contributed by atoms with Crippen molar-refractivity contribution in [2.24, 2.45) is 5.92 Å². The van der Waals surface area contributed by atoms with Crippen molar-refractivity contribution in [3.05, 3.63) is 0 Å². The Labute approximate surface area is 125 Å². The molecular weight excluding hydrogens is 248 g/mol. The van der Waals surface area contributed by atoms with Gasteiger partial charge in [-0.25, -0.2) is 0 Å². The molecule has 0 saturated heterocycles. The van der Waals surface area contributed by atoms with Crippen LogP contribution in [-0.4, -0.2) is 48.3 Å². The normalized spacial score (nSPS) is 30.0. The van der Waals surface area contributed by atoms with E-state index in [1.165, 1.54) is 51.4 Å². The lowest BCUT2D eigenvalue weighted by Crippen LogP contribution is -2.43. The van der Waals surface area contributed by atoms with Crippen LogP contribution >= 0.6 is 0 Å². The number of hydrogen-bond acceptors (Lipinski definition) is 3. The molecule has 2 rings (SSSR count). The van der Waals surface area contributed by atoms with Gasteiger partial charge in [0.2, 0.25) is 0 Å². The summed E-state index contributed by atoms with van der Waals surface area (Å²) in [4.78, 5) is 2.42. The van der Waals surface area contributed by atoms with E-state index >= 15 is 0 Å². The van der Waals surface area contributed by atoms with E-state index < -0.39 is 0 Å². The monoisotopic (exact) mass is 282 g/mol. The maximum absolute atomic E-state index is 10.3. The molecule has 0 amide bonds. The average molecular weight is 282 g/mol. The van der Waals surface area contributed by atoms with Crippen LogP contribution in [0.2, 0.25) is 0 Å². The standard InChI is InChI=1S/C17H34N2O/c1-3-18-15-8-10-16(11-9-15)19(2)13-17(20)12-14-6-4-5-7-14/h14-18,20H,3-13H2,1-2H3. The van der Waals surface area contributed by atoms with Gasteiger partial charge in [-0.1, -0.05) is 32.6 Å². The van der Waals surface area contributed by atoms with E-state index in [2.05, 4.69) is 24.2 Å². The van der Waals surface area contributed by atoms with Crippen molar-refractivity contribution >= 4 is 0 Å². The lowest BCUT2D eigenvalue weighted by Gasteiger charge is -2.36. The maximum Gasteiger partial charge on any atom is 0.0669 e. The van der Waals surface area contributed by atoms with Gasteiger partial charge >= 0.3 is 0 Å². The first-order valence-electron chi connectivity index (χ1n) is 8.80. The minimum Gasteiger partial charge on any atom is -0.392 e. The van der Waals surface area contributed by atoms with Gasteiger partial charge in [0, 0.05) is 18.6 Å². The third kappa shape index (κ3) is 5.01. The van der Waals surface area contributed by atoms with Gasteiger partial charge in [0.15, 0.2) is 0 Å². The van der Waals surface area contributed by atoms with Crippen LogP contribution in [0.4, 0.5) is 0 Å². The zero-order valence-electron chi connectivity index (χ0n) is 13.5. The van der Waals surface area contributed by atoms with E-state index in [0.717, 1.165) is 31.5 Å². The van der Waals surface area contributed by atoms with Crippen molar-refractivity contribution in [2.45, 2.75) is 82.9 Å². The van der Waals surface area contributed by atoms with Gasteiger partial charge in [-0.15, -0.1) is 0 Å². The SMILES string of the molecule is CCNC1CCC(N(C)CC(O)CC2CCCC2)CC1. The number of rotatable bonds is 7. The van der Waals surface area contributed by atoms with Gasteiger partial charge < -0.3 is 15.3 Å². The first-order chi connectivity index (χ1) is 9.69. The Bertz CT molecular complexity index is 258. The third-order valence-electron chi connectivity index (χ3n) is 5.39.